The minimum absolute atomic E-state index is 0.0630. The molecular formula is C19H16N6O3S. The van der Waals surface area contributed by atoms with Gasteiger partial charge in [-0.25, -0.2) is 14.3 Å². The summed E-state index contributed by atoms with van der Waals surface area (Å²) in [6.45, 7) is 0.730. The molecule has 0 aromatic carbocycles. The fraction of sp³-hybridized carbons (Fsp3) is 0.211. The summed E-state index contributed by atoms with van der Waals surface area (Å²) < 4.78 is 1.58. The molecule has 2 fully saturated rings. The van der Waals surface area contributed by atoms with E-state index in [1.165, 1.54) is 30.3 Å². The number of thiophene rings is 1. The number of rotatable bonds is 5. The van der Waals surface area contributed by atoms with Gasteiger partial charge in [-0.2, -0.15) is 5.10 Å². The van der Waals surface area contributed by atoms with Gasteiger partial charge in [0.25, 0.3) is 11.8 Å². The number of aromatic nitrogens is 3. The van der Waals surface area contributed by atoms with Crippen LogP contribution in [-0.4, -0.2) is 39.0 Å². The molecule has 1 saturated heterocycles. The van der Waals surface area contributed by atoms with Gasteiger partial charge in [-0.15, -0.1) is 11.3 Å². The van der Waals surface area contributed by atoms with Gasteiger partial charge in [0.05, 0.1) is 21.6 Å². The number of nitrogens with zero attached hydrogens (tertiary/aromatic N) is 3. The molecule has 4 amide bonds. The van der Waals surface area contributed by atoms with E-state index in [1.54, 1.807) is 23.0 Å². The molecule has 0 spiro atoms. The molecule has 5 rings (SSSR count). The number of imide groups is 1. The SMILES string of the molecule is O=C1NC(=O)/C(=C\c2cnn3ccc(-c4ccc(C(=O)NCC5CC5)s4)nc23)N1. The highest BCUT2D eigenvalue weighted by Gasteiger charge is 2.24. The minimum Gasteiger partial charge on any atom is -0.351 e. The first-order chi connectivity index (χ1) is 14.1. The molecule has 146 valence electrons. The van der Waals surface area contributed by atoms with E-state index in [-0.39, 0.29) is 11.6 Å². The maximum atomic E-state index is 12.3. The van der Waals surface area contributed by atoms with Crippen LogP contribution in [0.5, 0.6) is 0 Å². The van der Waals surface area contributed by atoms with Crippen molar-refractivity contribution < 1.29 is 14.4 Å². The zero-order valence-electron chi connectivity index (χ0n) is 15.1. The second-order valence-corrected chi connectivity index (χ2v) is 8.05. The molecule has 3 aromatic heterocycles. The van der Waals surface area contributed by atoms with Gasteiger partial charge in [0, 0.05) is 18.3 Å². The Balaban J connectivity index is 1.42. The van der Waals surface area contributed by atoms with Crippen LogP contribution in [0.2, 0.25) is 0 Å². The van der Waals surface area contributed by atoms with Crippen LogP contribution in [0.3, 0.4) is 0 Å². The van der Waals surface area contributed by atoms with E-state index in [0.29, 0.717) is 27.7 Å². The fourth-order valence-corrected chi connectivity index (χ4v) is 3.90. The largest absolute Gasteiger partial charge is 0.351 e. The Morgan fingerprint density at radius 3 is 2.90 bits per heavy atom. The second kappa shape index (κ2) is 6.82. The lowest BCUT2D eigenvalue weighted by Crippen LogP contribution is -2.24. The van der Waals surface area contributed by atoms with Crippen molar-refractivity contribution in [1.82, 2.24) is 30.5 Å². The second-order valence-electron chi connectivity index (χ2n) is 6.96. The summed E-state index contributed by atoms with van der Waals surface area (Å²) in [5.74, 6) is 0.0706. The zero-order chi connectivity index (χ0) is 20.0. The normalized spacial score (nSPS) is 17.6. The summed E-state index contributed by atoms with van der Waals surface area (Å²) in [5, 5.41) is 11.8. The highest BCUT2D eigenvalue weighted by atomic mass is 32.1. The highest BCUT2D eigenvalue weighted by molar-refractivity contribution is 7.17. The first-order valence-corrected chi connectivity index (χ1v) is 9.95. The van der Waals surface area contributed by atoms with Crippen LogP contribution < -0.4 is 16.0 Å². The summed E-state index contributed by atoms with van der Waals surface area (Å²) >= 11 is 1.38. The van der Waals surface area contributed by atoms with E-state index in [4.69, 9.17) is 0 Å². The maximum Gasteiger partial charge on any atom is 0.326 e. The van der Waals surface area contributed by atoms with Gasteiger partial charge >= 0.3 is 6.03 Å². The van der Waals surface area contributed by atoms with Crippen molar-refractivity contribution >= 4 is 40.9 Å². The van der Waals surface area contributed by atoms with Gasteiger partial charge < -0.3 is 10.6 Å². The summed E-state index contributed by atoms with van der Waals surface area (Å²) in [5.41, 5.74) is 1.97. The van der Waals surface area contributed by atoms with Crippen molar-refractivity contribution in [3.63, 3.8) is 0 Å². The lowest BCUT2D eigenvalue weighted by atomic mass is 10.2. The summed E-state index contributed by atoms with van der Waals surface area (Å²) in [7, 11) is 0. The molecule has 29 heavy (non-hydrogen) atoms. The van der Waals surface area contributed by atoms with Gasteiger partial charge in [0.1, 0.15) is 5.70 Å². The Morgan fingerprint density at radius 1 is 1.28 bits per heavy atom. The molecule has 0 radical (unpaired) electrons. The van der Waals surface area contributed by atoms with E-state index in [9.17, 15) is 14.4 Å². The Bertz CT molecular complexity index is 1190. The highest BCUT2D eigenvalue weighted by Crippen LogP contribution is 2.29. The molecule has 0 atom stereocenters. The lowest BCUT2D eigenvalue weighted by Gasteiger charge is -2.01. The average Bonchev–Trinajstić information content (AvgIpc) is 3.10. The fourth-order valence-electron chi connectivity index (χ4n) is 3.01. The molecule has 1 saturated carbocycles. The molecular weight excluding hydrogens is 392 g/mol. The minimum atomic E-state index is -0.558. The number of hydrogen-bond donors (Lipinski definition) is 3. The topological polar surface area (TPSA) is 117 Å². The number of carbonyl (C=O) groups is 3. The molecule has 2 aliphatic rings. The van der Waals surface area contributed by atoms with Gasteiger partial charge in [-0.3, -0.25) is 14.9 Å². The average molecular weight is 408 g/mol. The first-order valence-electron chi connectivity index (χ1n) is 9.13. The van der Waals surface area contributed by atoms with E-state index < -0.39 is 11.9 Å². The molecule has 4 heterocycles. The number of carbonyl (C=O) groups excluding carboxylic acids is 3. The van der Waals surface area contributed by atoms with Crippen LogP contribution >= 0.6 is 11.3 Å². The third-order valence-corrected chi connectivity index (χ3v) is 5.85. The van der Waals surface area contributed by atoms with Crippen LogP contribution in [0.1, 0.15) is 28.1 Å². The van der Waals surface area contributed by atoms with Gasteiger partial charge in [-0.1, -0.05) is 0 Å². The monoisotopic (exact) mass is 408 g/mol. The smallest absolute Gasteiger partial charge is 0.326 e. The standard InChI is InChI=1S/C19H16N6O3S/c26-17-13(23-19(28)24-17)7-11-9-21-25-6-5-12(22-16(11)25)14-3-4-15(29-14)18(27)20-8-10-1-2-10/h3-7,9-10H,1-2,8H2,(H,20,27)(H2,23,24,26,28)/b13-7+. The summed E-state index contributed by atoms with van der Waals surface area (Å²) in [6, 6.07) is 4.93. The van der Waals surface area contributed by atoms with Crippen molar-refractivity contribution in [2.24, 2.45) is 5.92 Å². The molecule has 0 unspecified atom stereocenters. The number of hydrogen-bond acceptors (Lipinski definition) is 6. The molecule has 1 aliphatic heterocycles. The molecule has 3 aromatic rings. The molecule has 0 bridgehead atoms. The predicted molar refractivity (Wildman–Crippen MR) is 106 cm³/mol. The van der Waals surface area contributed by atoms with Gasteiger partial charge in [0.2, 0.25) is 0 Å². The number of fused-ring (bicyclic) bond motifs is 1. The van der Waals surface area contributed by atoms with Crippen LogP contribution in [0.15, 0.2) is 36.3 Å². The predicted octanol–water partition coefficient (Wildman–Crippen LogP) is 1.78. The third-order valence-electron chi connectivity index (χ3n) is 4.75. The number of amides is 4. The van der Waals surface area contributed by atoms with Crippen molar-refractivity contribution in [3.8, 4) is 10.6 Å². The van der Waals surface area contributed by atoms with Crippen LogP contribution in [0.25, 0.3) is 22.3 Å². The Hall–Kier alpha value is -3.53. The van der Waals surface area contributed by atoms with Crippen molar-refractivity contribution in [2.45, 2.75) is 12.8 Å². The van der Waals surface area contributed by atoms with E-state index in [0.717, 1.165) is 11.4 Å². The summed E-state index contributed by atoms with van der Waals surface area (Å²) in [6.07, 6.45) is 7.25. The Morgan fingerprint density at radius 2 is 2.14 bits per heavy atom. The van der Waals surface area contributed by atoms with Gasteiger partial charge in [-0.05, 0) is 43.0 Å². The maximum absolute atomic E-state index is 12.3. The zero-order valence-corrected chi connectivity index (χ0v) is 16.0. The first kappa shape index (κ1) is 17.6. The van der Waals surface area contributed by atoms with Crippen LogP contribution in [0, 0.1) is 5.92 Å². The molecule has 10 heteroatoms. The molecule has 1 aliphatic carbocycles. The van der Waals surface area contributed by atoms with Gasteiger partial charge in [0.15, 0.2) is 5.65 Å². The lowest BCUT2D eigenvalue weighted by molar-refractivity contribution is -0.115. The Kier molecular flexibility index (Phi) is 4.13. The van der Waals surface area contributed by atoms with Crippen LogP contribution in [-0.2, 0) is 4.79 Å². The van der Waals surface area contributed by atoms with E-state index in [2.05, 4.69) is 26.0 Å². The molecule has 9 nitrogen and oxygen atoms in total. The Labute approximate surface area is 168 Å². The molecule has 3 N–H and O–H groups in total. The van der Waals surface area contributed by atoms with E-state index >= 15 is 0 Å². The third kappa shape index (κ3) is 3.49. The van der Waals surface area contributed by atoms with Crippen molar-refractivity contribution in [3.05, 3.63) is 46.7 Å². The summed E-state index contributed by atoms with van der Waals surface area (Å²) in [4.78, 5) is 41.5. The quantitative estimate of drug-likeness (QED) is 0.439. The van der Waals surface area contributed by atoms with Crippen molar-refractivity contribution in [2.75, 3.05) is 6.54 Å². The number of nitrogens with one attached hydrogen (secondary N) is 3. The number of urea groups is 1. The van der Waals surface area contributed by atoms with E-state index in [1.807, 2.05) is 12.1 Å². The van der Waals surface area contributed by atoms with Crippen LogP contribution in [0.4, 0.5) is 4.79 Å². The van der Waals surface area contributed by atoms with Crippen molar-refractivity contribution in [1.29, 1.82) is 0 Å².